The van der Waals surface area contributed by atoms with Crippen molar-refractivity contribution in [3.8, 4) is 6.07 Å². The maximum absolute atomic E-state index is 8.75. The molecule has 0 saturated carbocycles. The molecule has 0 aliphatic heterocycles. The lowest BCUT2D eigenvalue weighted by Gasteiger charge is -2.17. The molecule has 1 N–H and O–H groups in total. The number of rotatable bonds is 6. The van der Waals surface area contributed by atoms with Gasteiger partial charge in [0.15, 0.2) is 0 Å². The zero-order chi connectivity index (χ0) is 12.7. The van der Waals surface area contributed by atoms with E-state index in [0.29, 0.717) is 0 Å². The maximum Gasteiger partial charge on any atom is 0.125 e. The van der Waals surface area contributed by atoms with E-state index in [-0.39, 0.29) is 5.92 Å². The molecule has 0 bridgehead atoms. The fraction of sp³-hybridized carbons (Fsp3) is 0.538. The number of anilines is 1. The van der Waals surface area contributed by atoms with Crippen molar-refractivity contribution in [2.45, 2.75) is 20.4 Å². The molecule has 1 unspecified atom stereocenters. The Labute approximate surface area is 103 Å². The molecule has 0 aliphatic carbocycles. The summed E-state index contributed by atoms with van der Waals surface area (Å²) in [4.78, 5) is 6.45. The molecule has 0 saturated heterocycles. The number of hydrogen-bond donors (Lipinski definition) is 1. The molecule has 4 heteroatoms. The van der Waals surface area contributed by atoms with E-state index < -0.39 is 0 Å². The first-order valence-corrected chi connectivity index (χ1v) is 5.92. The van der Waals surface area contributed by atoms with E-state index in [1.807, 2.05) is 33.2 Å². The summed E-state index contributed by atoms with van der Waals surface area (Å²) in [7, 11) is 2.02. The third-order valence-electron chi connectivity index (χ3n) is 2.44. The Kier molecular flexibility index (Phi) is 5.44. The monoisotopic (exact) mass is 232 g/mol. The normalized spacial score (nSPS) is 12.2. The number of nitriles is 1. The van der Waals surface area contributed by atoms with Crippen LogP contribution in [-0.4, -0.2) is 30.0 Å². The van der Waals surface area contributed by atoms with E-state index in [1.54, 1.807) is 0 Å². The number of nitrogens with one attached hydrogen (secondary N) is 1. The standard InChI is InChI=1S/C13H20N4/c1-4-15-13-6-5-12(8-16-13)10-17(3)9-11(2)7-14/h5-6,8,11H,4,9-10H2,1-3H3,(H,15,16). The van der Waals surface area contributed by atoms with Crippen LogP contribution >= 0.6 is 0 Å². The summed E-state index contributed by atoms with van der Waals surface area (Å²) in [5, 5.41) is 11.9. The van der Waals surface area contributed by atoms with Gasteiger partial charge in [-0.15, -0.1) is 0 Å². The average Bonchev–Trinajstić information content (AvgIpc) is 2.31. The van der Waals surface area contributed by atoms with Crippen LogP contribution in [0.1, 0.15) is 19.4 Å². The van der Waals surface area contributed by atoms with Crippen LogP contribution in [-0.2, 0) is 6.54 Å². The predicted molar refractivity (Wildman–Crippen MR) is 69.5 cm³/mol. The molecule has 0 amide bonds. The van der Waals surface area contributed by atoms with Crippen LogP contribution in [0.5, 0.6) is 0 Å². The van der Waals surface area contributed by atoms with Gasteiger partial charge in [0.2, 0.25) is 0 Å². The Hall–Kier alpha value is -1.60. The van der Waals surface area contributed by atoms with E-state index >= 15 is 0 Å². The molecule has 17 heavy (non-hydrogen) atoms. The molecule has 1 rings (SSSR count). The van der Waals surface area contributed by atoms with Crippen LogP contribution in [0.15, 0.2) is 18.3 Å². The highest BCUT2D eigenvalue weighted by Gasteiger charge is 2.06. The molecule has 0 spiro atoms. The van der Waals surface area contributed by atoms with Gasteiger partial charge in [-0.05, 0) is 32.5 Å². The first-order chi connectivity index (χ1) is 8.15. The molecule has 1 atom stereocenters. The molecule has 0 aliphatic rings. The van der Waals surface area contributed by atoms with Gasteiger partial charge in [0.1, 0.15) is 5.82 Å². The minimum atomic E-state index is 0.0639. The first kappa shape index (κ1) is 13.5. The zero-order valence-corrected chi connectivity index (χ0v) is 10.8. The number of hydrogen-bond acceptors (Lipinski definition) is 4. The smallest absolute Gasteiger partial charge is 0.125 e. The topological polar surface area (TPSA) is 52.0 Å². The van der Waals surface area contributed by atoms with E-state index in [1.165, 1.54) is 5.56 Å². The van der Waals surface area contributed by atoms with E-state index in [0.717, 1.165) is 25.5 Å². The van der Waals surface area contributed by atoms with Crippen molar-refractivity contribution in [3.05, 3.63) is 23.9 Å². The Morgan fingerprint density at radius 1 is 1.53 bits per heavy atom. The molecule has 1 heterocycles. The first-order valence-electron chi connectivity index (χ1n) is 5.92. The zero-order valence-electron chi connectivity index (χ0n) is 10.8. The highest BCUT2D eigenvalue weighted by molar-refractivity contribution is 5.35. The number of nitrogens with zero attached hydrogens (tertiary/aromatic N) is 3. The molecular weight excluding hydrogens is 212 g/mol. The summed E-state index contributed by atoms with van der Waals surface area (Å²) < 4.78 is 0. The van der Waals surface area contributed by atoms with Crippen LogP contribution < -0.4 is 5.32 Å². The van der Waals surface area contributed by atoms with Crippen LogP contribution in [0.2, 0.25) is 0 Å². The molecule has 4 nitrogen and oxygen atoms in total. The van der Waals surface area contributed by atoms with Crippen molar-refractivity contribution < 1.29 is 0 Å². The van der Waals surface area contributed by atoms with Crippen LogP contribution in [0.3, 0.4) is 0 Å². The lowest BCUT2D eigenvalue weighted by Crippen LogP contribution is -2.23. The Morgan fingerprint density at radius 2 is 2.29 bits per heavy atom. The third-order valence-corrected chi connectivity index (χ3v) is 2.44. The quantitative estimate of drug-likeness (QED) is 0.816. The van der Waals surface area contributed by atoms with Crippen molar-refractivity contribution >= 4 is 5.82 Å². The van der Waals surface area contributed by atoms with Crippen molar-refractivity contribution in [1.82, 2.24) is 9.88 Å². The molecule has 1 aromatic heterocycles. The molecule has 1 aromatic rings. The van der Waals surface area contributed by atoms with Gasteiger partial charge in [0.25, 0.3) is 0 Å². The Balaban J connectivity index is 2.48. The molecule has 0 radical (unpaired) electrons. The lowest BCUT2D eigenvalue weighted by atomic mass is 10.2. The largest absolute Gasteiger partial charge is 0.370 e. The second-order valence-corrected chi connectivity index (χ2v) is 4.31. The van der Waals surface area contributed by atoms with Gasteiger partial charge in [-0.1, -0.05) is 6.07 Å². The fourth-order valence-electron chi connectivity index (χ4n) is 1.69. The minimum absolute atomic E-state index is 0.0639. The van der Waals surface area contributed by atoms with E-state index in [4.69, 9.17) is 5.26 Å². The van der Waals surface area contributed by atoms with Gasteiger partial charge in [-0.3, -0.25) is 0 Å². The highest BCUT2D eigenvalue weighted by Crippen LogP contribution is 2.08. The van der Waals surface area contributed by atoms with Crippen molar-refractivity contribution in [2.24, 2.45) is 5.92 Å². The fourth-order valence-corrected chi connectivity index (χ4v) is 1.69. The van der Waals surface area contributed by atoms with Crippen molar-refractivity contribution in [2.75, 3.05) is 25.5 Å². The van der Waals surface area contributed by atoms with Gasteiger partial charge in [-0.2, -0.15) is 5.26 Å². The van der Waals surface area contributed by atoms with Gasteiger partial charge in [0, 0.05) is 25.8 Å². The summed E-state index contributed by atoms with van der Waals surface area (Å²) in [5.41, 5.74) is 1.17. The summed E-state index contributed by atoms with van der Waals surface area (Å²) in [6.45, 7) is 6.47. The summed E-state index contributed by atoms with van der Waals surface area (Å²) in [6, 6.07) is 6.29. The number of aromatic nitrogens is 1. The maximum atomic E-state index is 8.75. The summed E-state index contributed by atoms with van der Waals surface area (Å²) >= 11 is 0. The van der Waals surface area contributed by atoms with Gasteiger partial charge in [-0.25, -0.2) is 4.98 Å². The minimum Gasteiger partial charge on any atom is -0.370 e. The Bertz CT molecular complexity index is 366. The average molecular weight is 232 g/mol. The van der Waals surface area contributed by atoms with E-state index in [2.05, 4.69) is 27.3 Å². The predicted octanol–water partition coefficient (Wildman–Crippen LogP) is 2.10. The lowest BCUT2D eigenvalue weighted by molar-refractivity contribution is 0.303. The van der Waals surface area contributed by atoms with Crippen LogP contribution in [0, 0.1) is 17.2 Å². The second-order valence-electron chi connectivity index (χ2n) is 4.31. The van der Waals surface area contributed by atoms with Crippen molar-refractivity contribution in [1.29, 1.82) is 5.26 Å². The van der Waals surface area contributed by atoms with Crippen LogP contribution in [0.4, 0.5) is 5.82 Å². The van der Waals surface area contributed by atoms with Gasteiger partial charge < -0.3 is 10.2 Å². The number of pyridine rings is 1. The SMILES string of the molecule is CCNc1ccc(CN(C)CC(C)C#N)cn1. The van der Waals surface area contributed by atoms with Gasteiger partial charge >= 0.3 is 0 Å². The third kappa shape index (κ3) is 4.83. The Morgan fingerprint density at radius 3 is 2.82 bits per heavy atom. The molecule has 0 aromatic carbocycles. The van der Waals surface area contributed by atoms with Gasteiger partial charge in [0.05, 0.1) is 12.0 Å². The molecular formula is C13H20N4. The molecule has 92 valence electrons. The second kappa shape index (κ2) is 6.87. The molecule has 0 fully saturated rings. The summed E-state index contributed by atoms with van der Waals surface area (Å²) in [5.74, 6) is 0.971. The highest BCUT2D eigenvalue weighted by atomic mass is 15.1. The van der Waals surface area contributed by atoms with Crippen molar-refractivity contribution in [3.63, 3.8) is 0 Å². The van der Waals surface area contributed by atoms with Crippen LogP contribution in [0.25, 0.3) is 0 Å². The summed E-state index contributed by atoms with van der Waals surface area (Å²) in [6.07, 6.45) is 1.88. The van der Waals surface area contributed by atoms with E-state index in [9.17, 15) is 0 Å².